The molecule has 0 aromatic rings. The van der Waals surface area contributed by atoms with Crippen molar-refractivity contribution in [2.75, 3.05) is 0 Å². The van der Waals surface area contributed by atoms with Crippen LogP contribution in [0.25, 0.3) is 0 Å². The number of carbonyl (C=O) groups excluding carboxylic acids is 2. The van der Waals surface area contributed by atoms with Crippen LogP contribution < -0.4 is 16.0 Å². The lowest BCUT2D eigenvalue weighted by Crippen LogP contribution is -2.46. The van der Waals surface area contributed by atoms with Crippen LogP contribution in [0.5, 0.6) is 0 Å². The van der Waals surface area contributed by atoms with Gasteiger partial charge in [-0.1, -0.05) is 40.5 Å². The van der Waals surface area contributed by atoms with Crippen molar-refractivity contribution in [2.24, 2.45) is 11.8 Å². The van der Waals surface area contributed by atoms with Crippen molar-refractivity contribution in [1.29, 1.82) is 0 Å². The predicted octanol–water partition coefficient (Wildman–Crippen LogP) is 2.32. The number of hydrogen-bond donors (Lipinski definition) is 3. The molecule has 4 atom stereocenters. The molecule has 8 heteroatoms. The van der Waals surface area contributed by atoms with Crippen LogP contribution in [-0.4, -0.2) is 44.6 Å². The fourth-order valence-electron chi connectivity index (χ4n) is 2.82. The molecule has 0 saturated carbocycles. The summed E-state index contributed by atoms with van der Waals surface area (Å²) in [5, 5.41) is 9.63. The normalized spacial score (nSPS) is 25.1. The molecule has 0 spiro atoms. The van der Waals surface area contributed by atoms with Gasteiger partial charge in [-0.3, -0.25) is 14.5 Å². The Morgan fingerprint density at radius 2 is 1.50 bits per heavy atom. The second kappa shape index (κ2) is 9.08. The molecule has 2 fully saturated rings. The molecule has 2 rings (SSSR count). The lowest BCUT2D eigenvalue weighted by Gasteiger charge is -2.30. The van der Waals surface area contributed by atoms with Gasteiger partial charge in [0.2, 0.25) is 5.91 Å². The average molecular weight is 401 g/mol. The summed E-state index contributed by atoms with van der Waals surface area (Å²) in [7, 11) is 0. The number of amides is 2. The number of carbonyl (C=O) groups is 2. The average Bonchev–Trinajstić information content (AvgIpc) is 3.04. The first-order valence-electron chi connectivity index (χ1n) is 9.19. The minimum atomic E-state index is -0.233. The van der Waals surface area contributed by atoms with Gasteiger partial charge < -0.3 is 16.0 Å². The molecule has 0 aromatic heterocycles. The van der Waals surface area contributed by atoms with Crippen molar-refractivity contribution >= 4 is 46.5 Å². The fourth-order valence-corrected chi connectivity index (χ4v) is 3.54. The zero-order chi connectivity index (χ0) is 20.2. The van der Waals surface area contributed by atoms with Crippen LogP contribution in [0.4, 0.5) is 0 Å². The first-order chi connectivity index (χ1) is 11.9. The summed E-state index contributed by atoms with van der Waals surface area (Å²) >= 11 is 10.0. The van der Waals surface area contributed by atoms with Crippen LogP contribution in [0.3, 0.4) is 0 Å². The van der Waals surface area contributed by atoms with Crippen LogP contribution in [0.2, 0.25) is 0 Å². The molecule has 0 radical (unpaired) electrons. The van der Waals surface area contributed by atoms with Crippen molar-refractivity contribution in [3.05, 3.63) is 0 Å². The van der Waals surface area contributed by atoms with E-state index in [1.54, 1.807) is 4.90 Å². The Labute approximate surface area is 167 Å². The summed E-state index contributed by atoms with van der Waals surface area (Å²) in [5.41, 5.74) is -0.233. The van der Waals surface area contributed by atoms with Gasteiger partial charge in [-0.2, -0.15) is 0 Å². The Morgan fingerprint density at radius 3 is 1.85 bits per heavy atom. The Hall–Kier alpha value is -1.28. The third kappa shape index (κ3) is 5.36. The number of nitrogens with one attached hydrogen (secondary N) is 3. The number of thiocarbonyl (C=S) groups is 2. The standard InChI is InChI=1S/C11H20N2OS.C7H12N2OS/c1-6-7(2)8-9(14)13(10(15)12-8)11(3,4)5;1-3-4(2)5-6(10)9-7(11)8-5/h7-8H,6H2,1-5H3,(H,12,15);4-5H,3H2,1-2H3,(H2,8,9,10,11). The molecule has 0 aliphatic carbocycles. The van der Waals surface area contributed by atoms with Gasteiger partial charge in [-0.15, -0.1) is 0 Å². The lowest BCUT2D eigenvalue weighted by atomic mass is 9.98. The van der Waals surface area contributed by atoms with Crippen molar-refractivity contribution < 1.29 is 9.59 Å². The molecule has 2 amide bonds. The van der Waals surface area contributed by atoms with Crippen molar-refractivity contribution in [3.8, 4) is 0 Å². The molecule has 2 saturated heterocycles. The molecule has 2 aliphatic heterocycles. The van der Waals surface area contributed by atoms with E-state index >= 15 is 0 Å². The van der Waals surface area contributed by atoms with E-state index in [-0.39, 0.29) is 29.4 Å². The summed E-state index contributed by atoms with van der Waals surface area (Å²) in [5.74, 6) is 0.782. The summed E-state index contributed by atoms with van der Waals surface area (Å²) in [4.78, 5) is 25.0. The van der Waals surface area contributed by atoms with E-state index in [2.05, 4.69) is 36.7 Å². The highest BCUT2D eigenvalue weighted by Gasteiger charge is 2.43. The van der Waals surface area contributed by atoms with Gasteiger partial charge in [0.15, 0.2) is 10.2 Å². The molecule has 26 heavy (non-hydrogen) atoms. The highest BCUT2D eigenvalue weighted by Crippen LogP contribution is 2.23. The highest BCUT2D eigenvalue weighted by atomic mass is 32.1. The second-order valence-corrected chi connectivity index (χ2v) is 8.78. The molecule has 4 unspecified atom stereocenters. The number of rotatable bonds is 4. The van der Waals surface area contributed by atoms with Crippen LogP contribution in [0.1, 0.15) is 61.3 Å². The lowest BCUT2D eigenvalue weighted by molar-refractivity contribution is -0.131. The van der Waals surface area contributed by atoms with E-state index in [1.807, 2.05) is 27.7 Å². The predicted molar refractivity (Wildman–Crippen MR) is 113 cm³/mol. The fraction of sp³-hybridized carbons (Fsp3) is 0.778. The van der Waals surface area contributed by atoms with Gasteiger partial charge in [-0.25, -0.2) is 0 Å². The van der Waals surface area contributed by atoms with Gasteiger partial charge in [-0.05, 0) is 57.0 Å². The van der Waals surface area contributed by atoms with E-state index in [9.17, 15) is 9.59 Å². The van der Waals surface area contributed by atoms with Gasteiger partial charge in [0, 0.05) is 5.54 Å². The van der Waals surface area contributed by atoms with Gasteiger partial charge in [0.25, 0.3) is 5.91 Å². The first-order valence-corrected chi connectivity index (χ1v) is 10.0. The van der Waals surface area contributed by atoms with Gasteiger partial charge >= 0.3 is 0 Å². The smallest absolute Gasteiger partial charge is 0.252 e. The van der Waals surface area contributed by atoms with Crippen molar-refractivity contribution in [3.63, 3.8) is 0 Å². The maximum absolute atomic E-state index is 12.1. The minimum absolute atomic E-state index is 0.00403. The highest BCUT2D eigenvalue weighted by molar-refractivity contribution is 7.80. The summed E-state index contributed by atoms with van der Waals surface area (Å²) in [6, 6.07) is -0.255. The maximum Gasteiger partial charge on any atom is 0.252 e. The van der Waals surface area contributed by atoms with Crippen LogP contribution >= 0.6 is 24.4 Å². The third-order valence-corrected chi connectivity index (χ3v) is 5.39. The second-order valence-electron chi connectivity index (χ2n) is 7.98. The topological polar surface area (TPSA) is 73.5 Å². The van der Waals surface area contributed by atoms with E-state index in [1.165, 1.54) is 0 Å². The monoisotopic (exact) mass is 400 g/mol. The maximum atomic E-state index is 12.1. The quantitative estimate of drug-likeness (QED) is 0.629. The Morgan fingerprint density at radius 1 is 1.00 bits per heavy atom. The molecule has 0 aromatic carbocycles. The van der Waals surface area contributed by atoms with Crippen molar-refractivity contribution in [2.45, 2.75) is 78.9 Å². The molecule has 2 aliphatic rings. The number of hydrogen-bond acceptors (Lipinski definition) is 4. The van der Waals surface area contributed by atoms with Crippen LogP contribution in [-0.2, 0) is 9.59 Å². The zero-order valence-electron chi connectivity index (χ0n) is 16.8. The summed E-state index contributed by atoms with van der Waals surface area (Å²) in [6.45, 7) is 14.2. The molecular weight excluding hydrogens is 368 g/mol. The summed E-state index contributed by atoms with van der Waals surface area (Å²) < 4.78 is 0. The molecule has 2 heterocycles. The SMILES string of the molecule is CCC(C)C1NC(=S)N(C(C)(C)C)C1=O.CCC(C)C1NC(=S)NC1=O. The van der Waals surface area contributed by atoms with E-state index in [0.717, 1.165) is 12.8 Å². The molecule has 3 N–H and O–H groups in total. The molecule has 6 nitrogen and oxygen atoms in total. The first kappa shape index (κ1) is 22.8. The largest absolute Gasteiger partial charge is 0.350 e. The van der Waals surface area contributed by atoms with E-state index < -0.39 is 0 Å². The van der Waals surface area contributed by atoms with Gasteiger partial charge in [0.05, 0.1) is 0 Å². The summed E-state index contributed by atoms with van der Waals surface area (Å²) in [6.07, 6.45) is 1.96. The molecular formula is C18H32N4O2S2. The Balaban J connectivity index is 0.000000273. The van der Waals surface area contributed by atoms with E-state index in [4.69, 9.17) is 24.4 Å². The Bertz CT molecular complexity index is 574. The third-order valence-electron chi connectivity index (χ3n) is 4.87. The number of nitrogens with zero attached hydrogens (tertiary/aromatic N) is 1. The van der Waals surface area contributed by atoms with Crippen LogP contribution in [0, 0.1) is 11.8 Å². The zero-order valence-corrected chi connectivity index (χ0v) is 18.4. The minimum Gasteiger partial charge on any atom is -0.350 e. The Kier molecular flexibility index (Phi) is 7.95. The van der Waals surface area contributed by atoms with Gasteiger partial charge in [0.1, 0.15) is 12.1 Å². The van der Waals surface area contributed by atoms with E-state index in [0.29, 0.717) is 22.1 Å². The van der Waals surface area contributed by atoms with Crippen molar-refractivity contribution in [1.82, 2.24) is 20.9 Å². The molecule has 0 bridgehead atoms. The van der Waals surface area contributed by atoms with Crippen LogP contribution in [0.15, 0.2) is 0 Å². The molecule has 148 valence electrons.